The van der Waals surface area contributed by atoms with Crippen molar-refractivity contribution in [2.24, 2.45) is 0 Å². The molecule has 2 amide bonds. The summed E-state index contributed by atoms with van der Waals surface area (Å²) in [6.07, 6.45) is 0. The first-order valence-electron chi connectivity index (χ1n) is 5.49. The molecule has 0 bridgehead atoms. The van der Waals surface area contributed by atoms with Gasteiger partial charge in [0.15, 0.2) is 0 Å². The van der Waals surface area contributed by atoms with Crippen molar-refractivity contribution in [1.29, 1.82) is 0 Å². The van der Waals surface area contributed by atoms with E-state index in [0.717, 1.165) is 0 Å². The van der Waals surface area contributed by atoms with E-state index >= 15 is 0 Å². The molecule has 1 heterocycles. The zero-order valence-corrected chi connectivity index (χ0v) is 11.6. The molecule has 0 radical (unpaired) electrons. The molecule has 0 aliphatic rings. The first kappa shape index (κ1) is 13.6. The van der Waals surface area contributed by atoms with Gasteiger partial charge in [0.2, 0.25) is 5.91 Å². The van der Waals surface area contributed by atoms with E-state index in [1.165, 1.54) is 18.3 Å². The summed E-state index contributed by atoms with van der Waals surface area (Å²) in [4.78, 5) is 23.1. The zero-order valence-electron chi connectivity index (χ0n) is 10.1. The topological polar surface area (TPSA) is 58.2 Å². The van der Waals surface area contributed by atoms with Crippen LogP contribution in [0.1, 0.15) is 17.3 Å². The van der Waals surface area contributed by atoms with E-state index < -0.39 is 0 Å². The van der Waals surface area contributed by atoms with Crippen molar-refractivity contribution < 1.29 is 9.59 Å². The van der Waals surface area contributed by atoms with Crippen LogP contribution in [-0.4, -0.2) is 11.8 Å². The van der Waals surface area contributed by atoms with Crippen molar-refractivity contribution in [3.05, 3.63) is 46.3 Å². The van der Waals surface area contributed by atoms with E-state index in [1.54, 1.807) is 30.3 Å². The normalized spacial score (nSPS) is 10.0. The minimum Gasteiger partial charge on any atom is -0.319 e. The number of rotatable bonds is 3. The molecule has 0 saturated carbocycles. The van der Waals surface area contributed by atoms with Crippen molar-refractivity contribution >= 4 is 45.4 Å². The number of amides is 2. The van der Waals surface area contributed by atoms with Crippen LogP contribution >= 0.6 is 22.9 Å². The summed E-state index contributed by atoms with van der Waals surface area (Å²) in [5.74, 6) is -0.463. The monoisotopic (exact) mass is 294 g/mol. The second-order valence-electron chi connectivity index (χ2n) is 3.79. The van der Waals surface area contributed by atoms with Crippen molar-refractivity contribution in [3.63, 3.8) is 0 Å². The molecule has 6 heteroatoms. The molecular weight excluding hydrogens is 284 g/mol. The van der Waals surface area contributed by atoms with Crippen molar-refractivity contribution in [2.75, 3.05) is 10.6 Å². The molecule has 0 aliphatic carbocycles. The maximum absolute atomic E-state index is 12.0. The Kier molecular flexibility index (Phi) is 4.19. The predicted molar refractivity (Wildman–Crippen MR) is 78.0 cm³/mol. The highest BCUT2D eigenvalue weighted by molar-refractivity contribution is 7.20. The van der Waals surface area contributed by atoms with Gasteiger partial charge in [-0.25, -0.2) is 0 Å². The number of hydrogen-bond acceptors (Lipinski definition) is 3. The smallest absolute Gasteiger partial charge is 0.255 e. The fourth-order valence-electron chi connectivity index (χ4n) is 1.49. The van der Waals surface area contributed by atoms with Crippen LogP contribution < -0.4 is 10.6 Å². The zero-order chi connectivity index (χ0) is 13.8. The maximum Gasteiger partial charge on any atom is 0.255 e. The van der Waals surface area contributed by atoms with E-state index in [2.05, 4.69) is 10.6 Å². The third-order valence-corrected chi connectivity index (χ3v) is 3.46. The van der Waals surface area contributed by atoms with Gasteiger partial charge >= 0.3 is 0 Å². The lowest BCUT2D eigenvalue weighted by molar-refractivity contribution is -0.114. The van der Waals surface area contributed by atoms with Crippen LogP contribution in [0.3, 0.4) is 0 Å². The summed E-state index contributed by atoms with van der Waals surface area (Å²) in [5.41, 5.74) is 1.04. The van der Waals surface area contributed by atoms with Crippen molar-refractivity contribution in [3.8, 4) is 0 Å². The van der Waals surface area contributed by atoms with Gasteiger partial charge in [-0.2, -0.15) is 0 Å². The van der Waals surface area contributed by atoms with Gasteiger partial charge in [0, 0.05) is 12.5 Å². The van der Waals surface area contributed by atoms with E-state index in [0.29, 0.717) is 20.6 Å². The van der Waals surface area contributed by atoms with Gasteiger partial charge in [-0.05, 0) is 18.2 Å². The van der Waals surface area contributed by atoms with E-state index in [1.807, 2.05) is 6.07 Å². The van der Waals surface area contributed by atoms with Crippen molar-refractivity contribution in [2.45, 2.75) is 6.92 Å². The second kappa shape index (κ2) is 5.86. The van der Waals surface area contributed by atoms with Crippen LogP contribution in [0.2, 0.25) is 4.34 Å². The number of halogens is 1. The number of carbonyl (C=O) groups is 2. The lowest BCUT2D eigenvalue weighted by atomic mass is 10.2. The number of thiophene rings is 1. The molecule has 1 aromatic heterocycles. The molecule has 0 unspecified atom stereocenters. The summed E-state index contributed by atoms with van der Waals surface area (Å²) in [6.45, 7) is 1.40. The Hall–Kier alpha value is -1.85. The number of anilines is 2. The minimum absolute atomic E-state index is 0.214. The summed E-state index contributed by atoms with van der Waals surface area (Å²) in [5, 5.41) is 5.89. The Balaban J connectivity index is 2.19. The Labute approximate surface area is 119 Å². The average molecular weight is 295 g/mol. The van der Waals surface area contributed by atoms with Crippen LogP contribution in [0, 0.1) is 0 Å². The Morgan fingerprint density at radius 1 is 1.16 bits per heavy atom. The maximum atomic E-state index is 12.0. The number of carbonyl (C=O) groups excluding carboxylic acids is 2. The summed E-state index contributed by atoms with van der Waals surface area (Å²) in [6, 6.07) is 10.4. The molecule has 0 saturated heterocycles. The predicted octanol–water partition coefficient (Wildman–Crippen LogP) is 3.61. The minimum atomic E-state index is -0.248. The first-order valence-corrected chi connectivity index (χ1v) is 6.69. The summed E-state index contributed by atoms with van der Waals surface area (Å²) in [7, 11) is 0. The lowest BCUT2D eigenvalue weighted by Gasteiger charge is -2.06. The third kappa shape index (κ3) is 3.56. The van der Waals surface area contributed by atoms with Gasteiger partial charge < -0.3 is 10.6 Å². The highest BCUT2D eigenvalue weighted by atomic mass is 35.5. The van der Waals surface area contributed by atoms with Crippen LogP contribution in [0.15, 0.2) is 36.4 Å². The van der Waals surface area contributed by atoms with Gasteiger partial charge in [0.05, 0.1) is 10.0 Å². The van der Waals surface area contributed by atoms with Gasteiger partial charge in [0.1, 0.15) is 5.00 Å². The highest BCUT2D eigenvalue weighted by Crippen LogP contribution is 2.36. The largest absolute Gasteiger partial charge is 0.319 e. The van der Waals surface area contributed by atoms with Gasteiger partial charge in [-0.15, -0.1) is 11.3 Å². The van der Waals surface area contributed by atoms with Gasteiger partial charge in [-0.3, -0.25) is 9.59 Å². The molecule has 19 heavy (non-hydrogen) atoms. The third-order valence-electron chi connectivity index (χ3n) is 2.28. The molecule has 0 atom stereocenters. The molecule has 98 valence electrons. The van der Waals surface area contributed by atoms with Gasteiger partial charge in [-0.1, -0.05) is 29.8 Å². The molecule has 0 fully saturated rings. The molecule has 2 rings (SSSR count). The lowest BCUT2D eigenvalue weighted by Crippen LogP contribution is -2.13. The van der Waals surface area contributed by atoms with E-state index in [-0.39, 0.29) is 11.8 Å². The van der Waals surface area contributed by atoms with Crippen LogP contribution in [0.25, 0.3) is 0 Å². The summed E-state index contributed by atoms with van der Waals surface area (Å²) < 4.78 is 0.493. The number of hydrogen-bond donors (Lipinski definition) is 2. The number of benzene rings is 1. The Morgan fingerprint density at radius 3 is 2.47 bits per heavy atom. The average Bonchev–Trinajstić information content (AvgIpc) is 2.69. The van der Waals surface area contributed by atoms with Gasteiger partial charge in [0.25, 0.3) is 5.91 Å². The molecule has 1 aromatic carbocycles. The standard InChI is InChI=1S/C13H11ClN2O2S/c1-8(17)15-13-10(7-11(14)19-13)16-12(18)9-5-3-2-4-6-9/h2-7H,1H3,(H,15,17)(H,16,18). The Bertz CT molecular complexity index is 610. The number of nitrogens with one attached hydrogen (secondary N) is 2. The van der Waals surface area contributed by atoms with Crippen molar-refractivity contribution in [1.82, 2.24) is 0 Å². The fourth-order valence-corrected chi connectivity index (χ4v) is 2.62. The molecule has 0 spiro atoms. The quantitative estimate of drug-likeness (QED) is 0.908. The van der Waals surface area contributed by atoms with Crippen LogP contribution in [-0.2, 0) is 4.79 Å². The van der Waals surface area contributed by atoms with Crippen LogP contribution in [0.4, 0.5) is 10.7 Å². The molecule has 2 aromatic rings. The Morgan fingerprint density at radius 2 is 1.84 bits per heavy atom. The molecule has 4 nitrogen and oxygen atoms in total. The summed E-state index contributed by atoms with van der Waals surface area (Å²) >= 11 is 7.09. The van der Waals surface area contributed by atoms with E-state index in [4.69, 9.17) is 11.6 Å². The highest BCUT2D eigenvalue weighted by Gasteiger charge is 2.13. The molecule has 0 aliphatic heterocycles. The first-order chi connectivity index (χ1) is 9.06. The molecular formula is C13H11ClN2O2S. The fraction of sp³-hybridized carbons (Fsp3) is 0.0769. The van der Waals surface area contributed by atoms with Crippen LogP contribution in [0.5, 0.6) is 0 Å². The van der Waals surface area contributed by atoms with E-state index in [9.17, 15) is 9.59 Å². The SMILES string of the molecule is CC(=O)Nc1sc(Cl)cc1NC(=O)c1ccccc1. The molecule has 2 N–H and O–H groups in total. The second-order valence-corrected chi connectivity index (χ2v) is 5.48.